The monoisotopic (exact) mass is 338 g/mol. The maximum Gasteiger partial charge on any atom is 0.128 e. The van der Waals surface area contributed by atoms with Crippen LogP contribution < -0.4 is 4.74 Å². The van der Waals surface area contributed by atoms with Gasteiger partial charge in [0.25, 0.3) is 0 Å². The molecule has 0 fully saturated rings. The molecule has 3 aromatic rings. The molecule has 0 aromatic heterocycles. The van der Waals surface area contributed by atoms with Crippen LogP contribution in [-0.2, 0) is 12.8 Å². The van der Waals surface area contributed by atoms with Crippen molar-refractivity contribution in [1.29, 1.82) is 0 Å². The summed E-state index contributed by atoms with van der Waals surface area (Å²) in [7, 11) is 1.70. The van der Waals surface area contributed by atoms with Crippen molar-refractivity contribution in [3.8, 4) is 16.9 Å². The van der Waals surface area contributed by atoms with E-state index in [2.05, 4.69) is 56.3 Å². The Balaban J connectivity index is 2.29. The van der Waals surface area contributed by atoms with Crippen LogP contribution in [0.4, 0.5) is 0 Å². The molecular weight excluding hydrogens is 316 g/mol. The predicted molar refractivity (Wildman–Crippen MR) is 104 cm³/mol. The van der Waals surface area contributed by atoms with Crippen LogP contribution in [0.1, 0.15) is 31.4 Å². The fourth-order valence-electron chi connectivity index (χ4n) is 3.35. The van der Waals surface area contributed by atoms with Crippen LogP contribution in [0.25, 0.3) is 21.9 Å². The van der Waals surface area contributed by atoms with Gasteiger partial charge in [0.2, 0.25) is 0 Å². The molecule has 0 atom stereocenters. The van der Waals surface area contributed by atoms with Crippen LogP contribution in [0, 0.1) is 0 Å². The molecule has 0 heterocycles. The standard InChI is InChI=1S/C22H23ClO/c1-4-8-16-9-6-11-18-17(16)10-7-12-19(18)20-13-15(5-2)21(23)14-22(20)24-3/h6-7,9-14H,4-5,8H2,1-3H3. The number of benzene rings is 3. The molecule has 0 spiro atoms. The zero-order valence-corrected chi connectivity index (χ0v) is 15.3. The fourth-order valence-corrected chi connectivity index (χ4v) is 3.63. The zero-order chi connectivity index (χ0) is 17.1. The number of aryl methyl sites for hydroxylation is 2. The second kappa shape index (κ2) is 7.27. The van der Waals surface area contributed by atoms with E-state index in [1.54, 1.807) is 7.11 Å². The first kappa shape index (κ1) is 16.9. The number of ether oxygens (including phenoxy) is 1. The molecule has 3 rings (SSSR count). The van der Waals surface area contributed by atoms with Gasteiger partial charge in [-0.05, 0) is 52.4 Å². The Morgan fingerprint density at radius 1 is 0.875 bits per heavy atom. The topological polar surface area (TPSA) is 9.23 Å². The number of hydrogen-bond donors (Lipinski definition) is 0. The van der Waals surface area contributed by atoms with Gasteiger partial charge in [-0.1, -0.05) is 68.3 Å². The van der Waals surface area contributed by atoms with Gasteiger partial charge in [-0.2, -0.15) is 0 Å². The molecule has 0 bridgehead atoms. The number of fused-ring (bicyclic) bond motifs is 1. The molecule has 0 N–H and O–H groups in total. The third-order valence-corrected chi connectivity index (χ3v) is 4.92. The summed E-state index contributed by atoms with van der Waals surface area (Å²) in [6.07, 6.45) is 3.15. The molecule has 124 valence electrons. The number of methoxy groups -OCH3 is 1. The average molecular weight is 339 g/mol. The van der Waals surface area contributed by atoms with Gasteiger partial charge in [0.1, 0.15) is 5.75 Å². The quantitative estimate of drug-likeness (QED) is 0.504. The lowest BCUT2D eigenvalue weighted by Crippen LogP contribution is -1.94. The zero-order valence-electron chi connectivity index (χ0n) is 14.5. The highest BCUT2D eigenvalue weighted by Crippen LogP contribution is 2.39. The van der Waals surface area contributed by atoms with E-state index in [0.717, 1.165) is 41.2 Å². The van der Waals surface area contributed by atoms with E-state index in [4.69, 9.17) is 16.3 Å². The van der Waals surface area contributed by atoms with Crippen LogP contribution in [0.2, 0.25) is 5.02 Å². The minimum absolute atomic E-state index is 0.769. The molecule has 0 aliphatic carbocycles. The summed E-state index contributed by atoms with van der Waals surface area (Å²) in [5, 5.41) is 3.36. The third-order valence-electron chi connectivity index (χ3n) is 4.57. The van der Waals surface area contributed by atoms with E-state index in [9.17, 15) is 0 Å². The molecule has 0 saturated heterocycles. The molecule has 0 aliphatic heterocycles. The molecule has 2 heteroatoms. The van der Waals surface area contributed by atoms with Gasteiger partial charge in [-0.25, -0.2) is 0 Å². The summed E-state index contributed by atoms with van der Waals surface area (Å²) < 4.78 is 5.62. The Kier molecular flexibility index (Phi) is 5.11. The van der Waals surface area contributed by atoms with E-state index < -0.39 is 0 Å². The first-order valence-electron chi connectivity index (χ1n) is 8.57. The minimum Gasteiger partial charge on any atom is -0.496 e. The van der Waals surface area contributed by atoms with Crippen molar-refractivity contribution < 1.29 is 4.74 Å². The molecule has 0 aliphatic rings. The highest BCUT2D eigenvalue weighted by molar-refractivity contribution is 6.31. The molecule has 24 heavy (non-hydrogen) atoms. The van der Waals surface area contributed by atoms with Gasteiger partial charge in [0.05, 0.1) is 7.11 Å². The molecule has 0 unspecified atom stereocenters. The first-order valence-corrected chi connectivity index (χ1v) is 8.94. The molecular formula is C22H23ClO. The van der Waals surface area contributed by atoms with Crippen LogP contribution in [0.5, 0.6) is 5.75 Å². The molecule has 0 amide bonds. The summed E-state index contributed by atoms with van der Waals surface area (Å²) in [4.78, 5) is 0. The summed E-state index contributed by atoms with van der Waals surface area (Å²) in [6.45, 7) is 4.35. The Labute approximate surface area is 149 Å². The van der Waals surface area contributed by atoms with E-state index in [-0.39, 0.29) is 0 Å². The van der Waals surface area contributed by atoms with E-state index in [1.165, 1.54) is 21.9 Å². The van der Waals surface area contributed by atoms with Crippen molar-refractivity contribution in [1.82, 2.24) is 0 Å². The third kappa shape index (κ3) is 3.01. The number of halogens is 1. The maximum atomic E-state index is 6.37. The van der Waals surface area contributed by atoms with Crippen LogP contribution in [0.3, 0.4) is 0 Å². The van der Waals surface area contributed by atoms with Gasteiger partial charge in [-0.3, -0.25) is 0 Å². The second-order valence-electron chi connectivity index (χ2n) is 6.07. The normalized spacial score (nSPS) is 11.0. The second-order valence-corrected chi connectivity index (χ2v) is 6.47. The maximum absolute atomic E-state index is 6.37. The molecule has 1 nitrogen and oxygen atoms in total. The lowest BCUT2D eigenvalue weighted by Gasteiger charge is -2.15. The summed E-state index contributed by atoms with van der Waals surface area (Å²) in [5.74, 6) is 0.825. The average Bonchev–Trinajstić information content (AvgIpc) is 2.61. The fraction of sp³-hybridized carbons (Fsp3) is 0.273. The van der Waals surface area contributed by atoms with Crippen molar-refractivity contribution in [3.05, 3.63) is 64.7 Å². The Bertz CT molecular complexity index is 867. The lowest BCUT2D eigenvalue weighted by molar-refractivity contribution is 0.416. The molecule has 0 saturated carbocycles. The largest absolute Gasteiger partial charge is 0.496 e. The predicted octanol–water partition coefficient (Wildman–Crippen LogP) is 6.68. The van der Waals surface area contributed by atoms with Crippen LogP contribution in [0.15, 0.2) is 48.5 Å². The van der Waals surface area contributed by atoms with Gasteiger partial charge >= 0.3 is 0 Å². The Hall–Kier alpha value is -1.99. The summed E-state index contributed by atoms with van der Waals surface area (Å²) >= 11 is 6.37. The highest BCUT2D eigenvalue weighted by atomic mass is 35.5. The van der Waals surface area contributed by atoms with Crippen LogP contribution >= 0.6 is 11.6 Å². The van der Waals surface area contributed by atoms with Crippen molar-refractivity contribution in [2.24, 2.45) is 0 Å². The van der Waals surface area contributed by atoms with Crippen molar-refractivity contribution >= 4 is 22.4 Å². The van der Waals surface area contributed by atoms with Crippen molar-refractivity contribution in [3.63, 3.8) is 0 Å². The van der Waals surface area contributed by atoms with Gasteiger partial charge in [0.15, 0.2) is 0 Å². The minimum atomic E-state index is 0.769. The van der Waals surface area contributed by atoms with E-state index in [0.29, 0.717) is 0 Å². The smallest absolute Gasteiger partial charge is 0.128 e. The summed E-state index contributed by atoms with van der Waals surface area (Å²) in [5.41, 5.74) is 4.86. The highest BCUT2D eigenvalue weighted by Gasteiger charge is 2.13. The van der Waals surface area contributed by atoms with E-state index in [1.807, 2.05) is 6.07 Å². The number of rotatable bonds is 5. The summed E-state index contributed by atoms with van der Waals surface area (Å²) in [6, 6.07) is 17.2. The van der Waals surface area contributed by atoms with Gasteiger partial charge < -0.3 is 4.74 Å². The number of hydrogen-bond acceptors (Lipinski definition) is 1. The van der Waals surface area contributed by atoms with Crippen molar-refractivity contribution in [2.75, 3.05) is 7.11 Å². The van der Waals surface area contributed by atoms with Gasteiger partial charge in [0, 0.05) is 10.6 Å². The molecule has 0 radical (unpaired) electrons. The Morgan fingerprint density at radius 2 is 1.62 bits per heavy atom. The lowest BCUT2D eigenvalue weighted by atomic mass is 9.93. The van der Waals surface area contributed by atoms with E-state index >= 15 is 0 Å². The Morgan fingerprint density at radius 3 is 2.33 bits per heavy atom. The van der Waals surface area contributed by atoms with Gasteiger partial charge in [-0.15, -0.1) is 0 Å². The molecule has 3 aromatic carbocycles. The SMILES string of the molecule is CCCc1cccc2c(-c3cc(CC)c(Cl)cc3OC)cccc12. The first-order chi connectivity index (χ1) is 11.7. The van der Waals surface area contributed by atoms with Crippen LogP contribution in [-0.4, -0.2) is 7.11 Å². The van der Waals surface area contributed by atoms with Crippen molar-refractivity contribution in [2.45, 2.75) is 33.1 Å².